The molecule has 2 heterocycles. The highest BCUT2D eigenvalue weighted by molar-refractivity contribution is 5.95. The maximum absolute atomic E-state index is 13.7. The standard InChI is InChI=1S/C20H22FN3O4/c1-28-12-20(19(26)27)8-9-23(11-20)18(25)17-15-6-3-7-16(15)24(22-17)14-5-2-4-13(21)10-14/h2,4-5,10H,3,6-9,11-12H2,1H3,(H,26,27). The second kappa shape index (κ2) is 7.01. The molecule has 7 nitrogen and oxygen atoms in total. The summed E-state index contributed by atoms with van der Waals surface area (Å²) in [6.45, 7) is 0.495. The van der Waals surface area contributed by atoms with E-state index in [0.29, 0.717) is 24.3 Å². The molecular formula is C20H22FN3O4. The predicted molar refractivity (Wildman–Crippen MR) is 98.0 cm³/mol. The molecule has 2 aliphatic rings. The van der Waals surface area contributed by atoms with E-state index in [1.807, 2.05) is 0 Å². The Morgan fingerprint density at radius 3 is 2.89 bits per heavy atom. The lowest BCUT2D eigenvalue weighted by Crippen LogP contribution is -2.40. The second-order valence-electron chi connectivity index (χ2n) is 7.51. The third-order valence-corrected chi connectivity index (χ3v) is 5.70. The first-order valence-electron chi connectivity index (χ1n) is 9.33. The van der Waals surface area contributed by atoms with Gasteiger partial charge < -0.3 is 14.7 Å². The van der Waals surface area contributed by atoms with Gasteiger partial charge in [-0.2, -0.15) is 5.10 Å². The maximum Gasteiger partial charge on any atom is 0.313 e. The molecule has 1 aliphatic carbocycles. The van der Waals surface area contributed by atoms with Gasteiger partial charge in [-0.15, -0.1) is 0 Å². The number of carbonyl (C=O) groups excluding carboxylic acids is 1. The van der Waals surface area contributed by atoms with Crippen LogP contribution in [0.1, 0.15) is 34.6 Å². The van der Waals surface area contributed by atoms with Crippen LogP contribution in [0.2, 0.25) is 0 Å². The van der Waals surface area contributed by atoms with Crippen LogP contribution in [0.15, 0.2) is 24.3 Å². The van der Waals surface area contributed by atoms with Crippen molar-refractivity contribution in [2.45, 2.75) is 25.7 Å². The van der Waals surface area contributed by atoms with Crippen LogP contribution >= 0.6 is 0 Å². The minimum Gasteiger partial charge on any atom is -0.481 e. The molecule has 0 saturated carbocycles. The third-order valence-electron chi connectivity index (χ3n) is 5.70. The maximum atomic E-state index is 13.7. The SMILES string of the molecule is COCC1(C(=O)O)CCN(C(=O)c2nn(-c3cccc(F)c3)c3c2CCC3)C1. The summed E-state index contributed by atoms with van der Waals surface area (Å²) in [5.41, 5.74) is 1.65. The number of carboxylic acid groups (broad SMARTS) is 1. The van der Waals surface area contributed by atoms with Gasteiger partial charge in [0.05, 0.1) is 12.3 Å². The first kappa shape index (κ1) is 18.6. The molecule has 1 saturated heterocycles. The highest BCUT2D eigenvalue weighted by Crippen LogP contribution is 2.34. The Hall–Kier alpha value is -2.74. The van der Waals surface area contributed by atoms with E-state index >= 15 is 0 Å². The van der Waals surface area contributed by atoms with Gasteiger partial charge >= 0.3 is 5.97 Å². The van der Waals surface area contributed by atoms with Gasteiger partial charge in [-0.3, -0.25) is 9.59 Å². The van der Waals surface area contributed by atoms with Crippen molar-refractivity contribution in [3.63, 3.8) is 0 Å². The highest BCUT2D eigenvalue weighted by Gasteiger charge is 2.47. The molecule has 2 aromatic rings. The molecule has 1 unspecified atom stereocenters. The normalized spacial score (nSPS) is 21.1. The summed E-state index contributed by atoms with van der Waals surface area (Å²) in [7, 11) is 1.46. The van der Waals surface area contributed by atoms with Crippen LogP contribution in [-0.2, 0) is 22.4 Å². The number of hydrogen-bond acceptors (Lipinski definition) is 4. The molecular weight excluding hydrogens is 365 g/mol. The molecule has 1 atom stereocenters. The topological polar surface area (TPSA) is 84.7 Å². The molecule has 1 aliphatic heterocycles. The van der Waals surface area contributed by atoms with Gasteiger partial charge in [-0.05, 0) is 43.9 Å². The zero-order chi connectivity index (χ0) is 19.9. The van der Waals surface area contributed by atoms with E-state index in [0.717, 1.165) is 30.5 Å². The smallest absolute Gasteiger partial charge is 0.313 e. The largest absolute Gasteiger partial charge is 0.481 e. The zero-order valence-corrected chi connectivity index (χ0v) is 15.7. The van der Waals surface area contributed by atoms with Gasteiger partial charge in [0.25, 0.3) is 5.91 Å². The number of carbonyl (C=O) groups is 2. The van der Waals surface area contributed by atoms with Gasteiger partial charge in [0.2, 0.25) is 0 Å². The van der Waals surface area contributed by atoms with Gasteiger partial charge in [-0.1, -0.05) is 6.07 Å². The number of aromatic nitrogens is 2. The van der Waals surface area contributed by atoms with Crippen molar-refractivity contribution in [3.05, 3.63) is 47.0 Å². The van der Waals surface area contributed by atoms with Crippen molar-refractivity contribution < 1.29 is 23.8 Å². The number of hydrogen-bond donors (Lipinski definition) is 1. The Morgan fingerprint density at radius 1 is 1.36 bits per heavy atom. The molecule has 0 radical (unpaired) electrons. The number of carboxylic acids is 1. The fourth-order valence-electron chi connectivity index (χ4n) is 4.26. The van der Waals surface area contributed by atoms with Crippen molar-refractivity contribution in [2.24, 2.45) is 5.41 Å². The van der Waals surface area contributed by atoms with Gasteiger partial charge in [-0.25, -0.2) is 9.07 Å². The zero-order valence-electron chi connectivity index (χ0n) is 15.7. The van der Waals surface area contributed by atoms with Crippen molar-refractivity contribution in [1.82, 2.24) is 14.7 Å². The number of nitrogens with zero attached hydrogens (tertiary/aromatic N) is 3. The molecule has 148 valence electrons. The minimum atomic E-state index is -1.08. The molecule has 4 rings (SSSR count). The number of methoxy groups -OCH3 is 1. The third kappa shape index (κ3) is 2.97. The number of ether oxygens (including phenoxy) is 1. The molecule has 1 amide bonds. The number of likely N-dealkylation sites (tertiary alicyclic amines) is 1. The number of rotatable bonds is 5. The van der Waals surface area contributed by atoms with Crippen molar-refractivity contribution in [2.75, 3.05) is 26.8 Å². The lowest BCUT2D eigenvalue weighted by molar-refractivity contribution is -0.151. The summed E-state index contributed by atoms with van der Waals surface area (Å²) in [5.74, 6) is -1.59. The van der Waals surface area contributed by atoms with Gasteiger partial charge in [0.1, 0.15) is 11.2 Å². The lowest BCUT2D eigenvalue weighted by Gasteiger charge is -2.23. The Labute approximate surface area is 161 Å². The van der Waals surface area contributed by atoms with Crippen LogP contribution in [0.3, 0.4) is 0 Å². The number of aliphatic carboxylic acids is 1. The van der Waals surface area contributed by atoms with Crippen LogP contribution in [0.5, 0.6) is 0 Å². The van der Waals surface area contributed by atoms with Crippen LogP contribution < -0.4 is 0 Å². The fourth-order valence-corrected chi connectivity index (χ4v) is 4.26. The van der Waals surface area contributed by atoms with Crippen LogP contribution in [-0.4, -0.2) is 58.5 Å². The summed E-state index contributed by atoms with van der Waals surface area (Å²) >= 11 is 0. The lowest BCUT2D eigenvalue weighted by atomic mass is 9.88. The monoisotopic (exact) mass is 387 g/mol. The minimum absolute atomic E-state index is 0.0575. The summed E-state index contributed by atoms with van der Waals surface area (Å²) in [5, 5.41) is 14.1. The summed E-state index contributed by atoms with van der Waals surface area (Å²) in [6.07, 6.45) is 2.76. The van der Waals surface area contributed by atoms with E-state index in [-0.39, 0.29) is 24.9 Å². The van der Waals surface area contributed by atoms with E-state index in [1.165, 1.54) is 19.2 Å². The summed E-state index contributed by atoms with van der Waals surface area (Å²) in [4.78, 5) is 26.5. The summed E-state index contributed by atoms with van der Waals surface area (Å²) < 4.78 is 20.4. The molecule has 0 spiro atoms. The van der Waals surface area contributed by atoms with Crippen molar-refractivity contribution >= 4 is 11.9 Å². The fraction of sp³-hybridized carbons (Fsp3) is 0.450. The highest BCUT2D eigenvalue weighted by atomic mass is 19.1. The molecule has 1 N–H and O–H groups in total. The van der Waals surface area contributed by atoms with Gasteiger partial charge in [0.15, 0.2) is 5.69 Å². The first-order valence-corrected chi connectivity index (χ1v) is 9.33. The van der Waals surface area contributed by atoms with Crippen LogP contribution in [0.4, 0.5) is 4.39 Å². The number of amides is 1. The van der Waals surface area contributed by atoms with Crippen LogP contribution in [0, 0.1) is 11.2 Å². The van der Waals surface area contributed by atoms with Crippen LogP contribution in [0.25, 0.3) is 5.69 Å². The molecule has 8 heteroatoms. The Kier molecular flexibility index (Phi) is 4.66. The Morgan fingerprint density at radius 2 is 2.18 bits per heavy atom. The molecule has 1 fully saturated rings. The molecule has 1 aromatic carbocycles. The second-order valence-corrected chi connectivity index (χ2v) is 7.51. The molecule has 0 bridgehead atoms. The van der Waals surface area contributed by atoms with Crippen molar-refractivity contribution in [3.8, 4) is 5.69 Å². The van der Waals surface area contributed by atoms with Gasteiger partial charge in [0, 0.05) is 31.5 Å². The van der Waals surface area contributed by atoms with E-state index in [9.17, 15) is 19.1 Å². The Bertz CT molecular complexity index is 942. The predicted octanol–water partition coefficient (Wildman–Crippen LogP) is 2.06. The molecule has 28 heavy (non-hydrogen) atoms. The van der Waals surface area contributed by atoms with E-state index in [1.54, 1.807) is 21.7 Å². The number of halogens is 1. The quantitative estimate of drug-likeness (QED) is 0.849. The number of fused-ring (bicyclic) bond motifs is 1. The first-order chi connectivity index (χ1) is 13.4. The van der Waals surface area contributed by atoms with E-state index in [2.05, 4.69) is 5.10 Å². The average molecular weight is 387 g/mol. The number of benzene rings is 1. The average Bonchev–Trinajstić information content (AvgIpc) is 3.37. The van der Waals surface area contributed by atoms with E-state index in [4.69, 9.17) is 4.74 Å². The summed E-state index contributed by atoms with van der Waals surface area (Å²) in [6, 6.07) is 6.13. The molecule has 1 aromatic heterocycles. The van der Waals surface area contributed by atoms with Crippen molar-refractivity contribution in [1.29, 1.82) is 0 Å². The van der Waals surface area contributed by atoms with E-state index < -0.39 is 11.4 Å². The Balaban J connectivity index is 1.66.